The van der Waals surface area contributed by atoms with Crippen molar-refractivity contribution in [2.24, 2.45) is 0 Å². The number of hydrogen-bond acceptors (Lipinski definition) is 6. The SMILES string of the molecule is O=C(NC1CCCN(c2cc(N3CCCC3)ncn2)C1)c1ccco1. The van der Waals surface area contributed by atoms with Gasteiger partial charge >= 0.3 is 0 Å². The van der Waals surface area contributed by atoms with Crippen LogP contribution in [-0.4, -0.2) is 48.1 Å². The number of hydrogen-bond donors (Lipinski definition) is 1. The third-order valence-electron chi connectivity index (χ3n) is 4.89. The molecule has 1 unspecified atom stereocenters. The number of anilines is 2. The van der Waals surface area contributed by atoms with Crippen molar-refractivity contribution in [1.29, 1.82) is 0 Å². The summed E-state index contributed by atoms with van der Waals surface area (Å²) in [7, 11) is 0. The van der Waals surface area contributed by atoms with Gasteiger partial charge in [-0.15, -0.1) is 0 Å². The zero-order chi connectivity index (χ0) is 17.1. The second-order valence-corrected chi connectivity index (χ2v) is 6.66. The molecular weight excluding hydrogens is 318 g/mol. The Morgan fingerprint density at radius 2 is 1.88 bits per heavy atom. The highest BCUT2D eigenvalue weighted by molar-refractivity contribution is 5.91. The highest BCUT2D eigenvalue weighted by atomic mass is 16.3. The van der Waals surface area contributed by atoms with Crippen LogP contribution < -0.4 is 15.1 Å². The van der Waals surface area contributed by atoms with Gasteiger partial charge < -0.3 is 19.5 Å². The minimum absolute atomic E-state index is 0.0940. The molecule has 2 saturated heterocycles. The first-order chi connectivity index (χ1) is 12.3. The van der Waals surface area contributed by atoms with Gasteiger partial charge in [-0.05, 0) is 37.8 Å². The van der Waals surface area contributed by atoms with Gasteiger partial charge in [-0.1, -0.05) is 0 Å². The van der Waals surface area contributed by atoms with Gasteiger partial charge in [-0.2, -0.15) is 0 Å². The lowest BCUT2D eigenvalue weighted by Gasteiger charge is -2.34. The molecule has 25 heavy (non-hydrogen) atoms. The lowest BCUT2D eigenvalue weighted by molar-refractivity contribution is 0.0905. The lowest BCUT2D eigenvalue weighted by atomic mass is 10.1. The molecule has 7 heteroatoms. The van der Waals surface area contributed by atoms with E-state index >= 15 is 0 Å². The first-order valence-electron chi connectivity index (χ1n) is 8.96. The number of rotatable bonds is 4. The fraction of sp³-hybridized carbons (Fsp3) is 0.500. The minimum atomic E-state index is -0.155. The van der Waals surface area contributed by atoms with E-state index < -0.39 is 0 Å². The molecule has 0 aliphatic carbocycles. The molecule has 1 N–H and O–H groups in total. The molecule has 0 aromatic carbocycles. The molecule has 2 fully saturated rings. The number of piperidine rings is 1. The molecule has 132 valence electrons. The Kier molecular flexibility index (Phi) is 4.54. The first-order valence-corrected chi connectivity index (χ1v) is 8.96. The van der Waals surface area contributed by atoms with Crippen LogP contribution in [0.2, 0.25) is 0 Å². The van der Waals surface area contributed by atoms with Gasteiger partial charge in [0.1, 0.15) is 18.0 Å². The maximum Gasteiger partial charge on any atom is 0.287 e. The predicted molar refractivity (Wildman–Crippen MR) is 94.9 cm³/mol. The Morgan fingerprint density at radius 3 is 2.64 bits per heavy atom. The largest absolute Gasteiger partial charge is 0.459 e. The van der Waals surface area contributed by atoms with E-state index in [0.717, 1.165) is 50.7 Å². The van der Waals surface area contributed by atoms with E-state index in [1.54, 1.807) is 18.5 Å². The summed E-state index contributed by atoms with van der Waals surface area (Å²) in [6, 6.07) is 5.57. The third kappa shape index (κ3) is 3.60. The van der Waals surface area contributed by atoms with Crippen LogP contribution in [0.4, 0.5) is 11.6 Å². The molecule has 1 amide bonds. The van der Waals surface area contributed by atoms with Crippen LogP contribution >= 0.6 is 0 Å². The van der Waals surface area contributed by atoms with Gasteiger partial charge in [-0.3, -0.25) is 4.79 Å². The molecule has 4 rings (SSSR count). The van der Waals surface area contributed by atoms with Gasteiger partial charge in [0.05, 0.1) is 6.26 Å². The van der Waals surface area contributed by atoms with Crippen molar-refractivity contribution in [3.8, 4) is 0 Å². The number of carbonyl (C=O) groups is 1. The lowest BCUT2D eigenvalue weighted by Crippen LogP contribution is -2.48. The summed E-state index contributed by atoms with van der Waals surface area (Å²) in [6.07, 6.45) is 7.60. The number of aromatic nitrogens is 2. The minimum Gasteiger partial charge on any atom is -0.459 e. The second kappa shape index (κ2) is 7.13. The Hall–Kier alpha value is -2.57. The predicted octanol–water partition coefficient (Wildman–Crippen LogP) is 2.07. The van der Waals surface area contributed by atoms with E-state index in [4.69, 9.17) is 4.42 Å². The summed E-state index contributed by atoms with van der Waals surface area (Å²) in [5.41, 5.74) is 0. The van der Waals surface area contributed by atoms with Crippen molar-refractivity contribution in [3.05, 3.63) is 36.5 Å². The molecular formula is C18H23N5O2. The highest BCUT2D eigenvalue weighted by Crippen LogP contribution is 2.23. The van der Waals surface area contributed by atoms with Crippen LogP contribution in [0.15, 0.2) is 35.2 Å². The van der Waals surface area contributed by atoms with Crippen molar-refractivity contribution in [2.75, 3.05) is 36.0 Å². The molecule has 2 aliphatic rings. The fourth-order valence-corrected chi connectivity index (χ4v) is 3.60. The summed E-state index contributed by atoms with van der Waals surface area (Å²) < 4.78 is 5.17. The zero-order valence-corrected chi connectivity index (χ0v) is 14.2. The van der Waals surface area contributed by atoms with E-state index in [1.807, 2.05) is 0 Å². The summed E-state index contributed by atoms with van der Waals surface area (Å²) in [4.78, 5) is 25.6. The van der Waals surface area contributed by atoms with Gasteiger partial charge in [0.15, 0.2) is 5.76 Å². The maximum atomic E-state index is 12.2. The second-order valence-electron chi connectivity index (χ2n) is 6.66. The molecule has 4 heterocycles. The fourth-order valence-electron chi connectivity index (χ4n) is 3.60. The number of furan rings is 1. The molecule has 7 nitrogen and oxygen atoms in total. The zero-order valence-electron chi connectivity index (χ0n) is 14.2. The smallest absolute Gasteiger partial charge is 0.287 e. The molecule has 0 spiro atoms. The van der Waals surface area contributed by atoms with E-state index in [2.05, 4.69) is 31.2 Å². The normalized spacial score (nSPS) is 20.7. The number of nitrogens with zero attached hydrogens (tertiary/aromatic N) is 4. The highest BCUT2D eigenvalue weighted by Gasteiger charge is 2.24. The standard InChI is InChI=1S/C18H23N5O2/c24-18(15-6-4-10-25-15)21-14-5-3-9-23(12-14)17-11-16(19-13-20-17)22-7-1-2-8-22/h4,6,10-11,13-14H,1-3,5,7-9,12H2,(H,21,24). The Balaban J connectivity index is 1.42. The van der Waals surface area contributed by atoms with E-state index in [-0.39, 0.29) is 11.9 Å². The first kappa shape index (κ1) is 15.9. The van der Waals surface area contributed by atoms with Crippen LogP contribution in [0.1, 0.15) is 36.2 Å². The Labute approximate surface area is 147 Å². The van der Waals surface area contributed by atoms with E-state index in [9.17, 15) is 4.79 Å². The van der Waals surface area contributed by atoms with Gasteiger partial charge in [-0.25, -0.2) is 9.97 Å². The molecule has 2 aromatic rings. The van der Waals surface area contributed by atoms with E-state index in [0.29, 0.717) is 5.76 Å². The summed E-state index contributed by atoms with van der Waals surface area (Å²) in [5, 5.41) is 3.06. The van der Waals surface area contributed by atoms with Crippen LogP contribution in [0.3, 0.4) is 0 Å². The van der Waals surface area contributed by atoms with Crippen molar-refractivity contribution >= 4 is 17.5 Å². The average Bonchev–Trinajstić information content (AvgIpc) is 3.36. The van der Waals surface area contributed by atoms with Gasteiger partial charge in [0.25, 0.3) is 5.91 Å². The molecule has 0 saturated carbocycles. The number of amides is 1. The molecule has 1 atom stereocenters. The topological polar surface area (TPSA) is 74.5 Å². The van der Waals surface area contributed by atoms with Crippen LogP contribution in [0, 0.1) is 0 Å². The summed E-state index contributed by atoms with van der Waals surface area (Å²) in [6.45, 7) is 3.84. The van der Waals surface area contributed by atoms with Crippen LogP contribution in [0.5, 0.6) is 0 Å². The molecule has 2 aromatic heterocycles. The summed E-state index contributed by atoms with van der Waals surface area (Å²) in [5.74, 6) is 2.14. The van der Waals surface area contributed by atoms with Crippen molar-refractivity contribution < 1.29 is 9.21 Å². The summed E-state index contributed by atoms with van der Waals surface area (Å²) >= 11 is 0. The quantitative estimate of drug-likeness (QED) is 0.918. The van der Waals surface area contributed by atoms with Crippen molar-refractivity contribution in [2.45, 2.75) is 31.7 Å². The number of carbonyl (C=O) groups excluding carboxylic acids is 1. The number of nitrogens with one attached hydrogen (secondary N) is 1. The maximum absolute atomic E-state index is 12.2. The van der Waals surface area contributed by atoms with Crippen LogP contribution in [0.25, 0.3) is 0 Å². The Bertz CT molecular complexity index is 712. The monoisotopic (exact) mass is 341 g/mol. The van der Waals surface area contributed by atoms with E-state index in [1.165, 1.54) is 19.1 Å². The van der Waals surface area contributed by atoms with Crippen molar-refractivity contribution in [3.63, 3.8) is 0 Å². The van der Waals surface area contributed by atoms with Gasteiger partial charge in [0.2, 0.25) is 0 Å². The Morgan fingerprint density at radius 1 is 1.12 bits per heavy atom. The molecule has 0 bridgehead atoms. The third-order valence-corrected chi connectivity index (χ3v) is 4.89. The average molecular weight is 341 g/mol. The molecule has 2 aliphatic heterocycles. The molecule has 0 radical (unpaired) electrons. The van der Waals surface area contributed by atoms with Crippen LogP contribution in [-0.2, 0) is 0 Å². The van der Waals surface area contributed by atoms with Crippen molar-refractivity contribution in [1.82, 2.24) is 15.3 Å². The van der Waals surface area contributed by atoms with Gasteiger partial charge in [0, 0.05) is 38.3 Å².